The van der Waals surface area contributed by atoms with Gasteiger partial charge >= 0.3 is 0 Å². The molecule has 1 aliphatic rings. The van der Waals surface area contributed by atoms with Crippen molar-refractivity contribution in [3.8, 4) is 5.75 Å². The van der Waals surface area contributed by atoms with Gasteiger partial charge in [0.2, 0.25) is 0 Å². The Hall–Kier alpha value is -1.31. The van der Waals surface area contributed by atoms with Gasteiger partial charge in [-0.1, -0.05) is 26.0 Å². The molecular weight excluding hydrogens is 212 g/mol. The van der Waals surface area contributed by atoms with Crippen molar-refractivity contribution < 1.29 is 9.53 Å². The monoisotopic (exact) mass is 232 g/mol. The molecule has 2 nitrogen and oxygen atoms in total. The third-order valence-corrected chi connectivity index (χ3v) is 3.51. The van der Waals surface area contributed by atoms with Gasteiger partial charge in [0, 0.05) is 12.8 Å². The lowest BCUT2D eigenvalue weighted by molar-refractivity contribution is -0.123. The largest absolute Gasteiger partial charge is 0.497 e. The van der Waals surface area contributed by atoms with Crippen LogP contribution in [0.4, 0.5) is 0 Å². The number of carbonyl (C=O) groups excluding carboxylic acids is 1. The smallest absolute Gasteiger partial charge is 0.134 e. The molecule has 1 aromatic carbocycles. The van der Waals surface area contributed by atoms with Gasteiger partial charge in [-0.25, -0.2) is 0 Å². The van der Waals surface area contributed by atoms with Crippen LogP contribution in [0.1, 0.15) is 44.6 Å². The van der Waals surface area contributed by atoms with Crippen LogP contribution in [0.15, 0.2) is 24.3 Å². The van der Waals surface area contributed by atoms with Crippen molar-refractivity contribution in [1.82, 2.24) is 0 Å². The number of benzene rings is 1. The van der Waals surface area contributed by atoms with Gasteiger partial charge in [0.05, 0.1) is 7.11 Å². The molecule has 0 radical (unpaired) electrons. The zero-order chi connectivity index (χ0) is 12.5. The molecule has 92 valence electrons. The SMILES string of the molecule is COc1cccc(C2CC(=O)CC(C)(C)C2)c1. The van der Waals surface area contributed by atoms with Crippen molar-refractivity contribution in [1.29, 1.82) is 0 Å². The third-order valence-electron chi connectivity index (χ3n) is 3.51. The van der Waals surface area contributed by atoms with E-state index in [-0.39, 0.29) is 5.41 Å². The Bertz CT molecular complexity index is 421. The molecule has 1 aromatic rings. The van der Waals surface area contributed by atoms with Crippen LogP contribution in [0, 0.1) is 5.41 Å². The van der Waals surface area contributed by atoms with Gasteiger partial charge in [-0.2, -0.15) is 0 Å². The van der Waals surface area contributed by atoms with E-state index in [1.165, 1.54) is 5.56 Å². The summed E-state index contributed by atoms with van der Waals surface area (Å²) in [6.45, 7) is 4.36. The Morgan fingerprint density at radius 2 is 2.12 bits per heavy atom. The lowest BCUT2D eigenvalue weighted by atomic mass is 9.69. The number of methoxy groups -OCH3 is 1. The quantitative estimate of drug-likeness (QED) is 0.779. The molecule has 0 aliphatic heterocycles. The summed E-state index contributed by atoms with van der Waals surface area (Å²) in [5.74, 6) is 1.61. The van der Waals surface area contributed by atoms with Crippen LogP contribution in [-0.2, 0) is 4.79 Å². The van der Waals surface area contributed by atoms with Crippen LogP contribution in [-0.4, -0.2) is 12.9 Å². The minimum absolute atomic E-state index is 0.128. The second-order valence-corrected chi connectivity index (χ2v) is 5.76. The number of ketones is 1. The van der Waals surface area contributed by atoms with Crippen LogP contribution in [0.3, 0.4) is 0 Å². The zero-order valence-electron chi connectivity index (χ0n) is 10.8. The van der Waals surface area contributed by atoms with Crippen molar-refractivity contribution >= 4 is 5.78 Å². The molecule has 1 fully saturated rings. The van der Waals surface area contributed by atoms with Crippen molar-refractivity contribution in [2.45, 2.75) is 39.0 Å². The lowest BCUT2D eigenvalue weighted by Crippen LogP contribution is -2.27. The first kappa shape index (κ1) is 12.2. The van der Waals surface area contributed by atoms with Crippen molar-refractivity contribution in [3.63, 3.8) is 0 Å². The molecule has 1 aliphatic carbocycles. The highest BCUT2D eigenvalue weighted by atomic mass is 16.5. The van der Waals surface area contributed by atoms with Gasteiger partial charge in [0.25, 0.3) is 0 Å². The summed E-state index contributed by atoms with van der Waals surface area (Å²) in [4.78, 5) is 11.8. The minimum atomic E-state index is 0.128. The van der Waals surface area contributed by atoms with E-state index < -0.39 is 0 Å². The first-order chi connectivity index (χ1) is 8.00. The fraction of sp³-hybridized carbons (Fsp3) is 0.533. The van der Waals surface area contributed by atoms with E-state index in [4.69, 9.17) is 4.74 Å². The Morgan fingerprint density at radius 1 is 1.35 bits per heavy atom. The molecule has 2 heteroatoms. The first-order valence-corrected chi connectivity index (χ1v) is 6.16. The number of hydrogen-bond acceptors (Lipinski definition) is 2. The van der Waals surface area contributed by atoms with Crippen molar-refractivity contribution in [3.05, 3.63) is 29.8 Å². The van der Waals surface area contributed by atoms with Crippen LogP contribution in [0.2, 0.25) is 0 Å². The molecule has 2 rings (SSSR count). The fourth-order valence-electron chi connectivity index (χ4n) is 2.82. The molecule has 0 saturated heterocycles. The number of carbonyl (C=O) groups is 1. The van der Waals surface area contributed by atoms with Gasteiger partial charge < -0.3 is 4.74 Å². The Kier molecular flexibility index (Phi) is 3.23. The summed E-state index contributed by atoms with van der Waals surface area (Å²) < 4.78 is 5.24. The number of rotatable bonds is 2. The Morgan fingerprint density at radius 3 is 2.76 bits per heavy atom. The molecular formula is C15H20O2. The first-order valence-electron chi connectivity index (χ1n) is 6.16. The molecule has 1 saturated carbocycles. The van der Waals surface area contributed by atoms with Crippen LogP contribution >= 0.6 is 0 Å². The Labute approximate surface area is 103 Å². The van der Waals surface area contributed by atoms with E-state index in [1.807, 2.05) is 12.1 Å². The van der Waals surface area contributed by atoms with Crippen molar-refractivity contribution in [2.75, 3.05) is 7.11 Å². The summed E-state index contributed by atoms with van der Waals surface area (Å²) in [5, 5.41) is 0. The Balaban J connectivity index is 2.23. The highest BCUT2D eigenvalue weighted by Crippen LogP contribution is 2.42. The van der Waals surface area contributed by atoms with E-state index >= 15 is 0 Å². The average Bonchev–Trinajstić information content (AvgIpc) is 2.26. The van der Waals surface area contributed by atoms with E-state index in [9.17, 15) is 4.79 Å². The zero-order valence-corrected chi connectivity index (χ0v) is 10.8. The van der Waals surface area contributed by atoms with Crippen LogP contribution in [0.5, 0.6) is 5.75 Å². The van der Waals surface area contributed by atoms with Gasteiger partial charge in [-0.05, 0) is 35.4 Å². The highest BCUT2D eigenvalue weighted by molar-refractivity contribution is 5.81. The number of Topliss-reactive ketones (excluding diaryl/α,β-unsaturated/α-hetero) is 1. The summed E-state index contributed by atoms with van der Waals surface area (Å²) in [7, 11) is 1.68. The maximum absolute atomic E-state index is 11.8. The molecule has 0 heterocycles. The molecule has 1 unspecified atom stereocenters. The van der Waals surface area contributed by atoms with E-state index in [1.54, 1.807) is 7.11 Å². The number of hydrogen-bond donors (Lipinski definition) is 0. The topological polar surface area (TPSA) is 26.3 Å². The summed E-state index contributed by atoms with van der Waals surface area (Å²) in [6, 6.07) is 8.10. The second kappa shape index (κ2) is 4.52. The van der Waals surface area contributed by atoms with Crippen LogP contribution in [0.25, 0.3) is 0 Å². The lowest BCUT2D eigenvalue weighted by Gasteiger charge is -2.34. The maximum atomic E-state index is 11.8. The average molecular weight is 232 g/mol. The molecule has 17 heavy (non-hydrogen) atoms. The van der Waals surface area contributed by atoms with Gasteiger partial charge in [-0.15, -0.1) is 0 Å². The van der Waals surface area contributed by atoms with Gasteiger partial charge in [0.15, 0.2) is 0 Å². The molecule has 0 aromatic heterocycles. The standard InChI is InChI=1S/C15H20O2/c1-15(2)9-12(7-13(16)10-15)11-5-4-6-14(8-11)17-3/h4-6,8,12H,7,9-10H2,1-3H3. The third kappa shape index (κ3) is 2.87. The maximum Gasteiger partial charge on any atom is 0.134 e. The second-order valence-electron chi connectivity index (χ2n) is 5.76. The normalized spacial score (nSPS) is 23.5. The van der Waals surface area contributed by atoms with E-state index in [0.29, 0.717) is 24.5 Å². The predicted octanol–water partition coefficient (Wildman–Crippen LogP) is 3.56. The summed E-state index contributed by atoms with van der Waals surface area (Å²) >= 11 is 0. The molecule has 0 bridgehead atoms. The predicted molar refractivity (Wildman–Crippen MR) is 68.4 cm³/mol. The molecule has 0 amide bonds. The van der Waals surface area contributed by atoms with Gasteiger partial charge in [-0.3, -0.25) is 4.79 Å². The minimum Gasteiger partial charge on any atom is -0.497 e. The molecule has 0 N–H and O–H groups in total. The van der Waals surface area contributed by atoms with E-state index in [0.717, 1.165) is 12.2 Å². The summed E-state index contributed by atoms with van der Waals surface area (Å²) in [6.07, 6.45) is 2.47. The highest BCUT2D eigenvalue weighted by Gasteiger charge is 2.33. The molecule has 0 spiro atoms. The van der Waals surface area contributed by atoms with Gasteiger partial charge in [0.1, 0.15) is 11.5 Å². The van der Waals surface area contributed by atoms with Crippen LogP contribution < -0.4 is 4.74 Å². The number of ether oxygens (including phenoxy) is 1. The van der Waals surface area contributed by atoms with E-state index in [2.05, 4.69) is 26.0 Å². The summed E-state index contributed by atoms with van der Waals surface area (Å²) in [5.41, 5.74) is 1.36. The molecule has 1 atom stereocenters. The fourth-order valence-corrected chi connectivity index (χ4v) is 2.82. The van der Waals surface area contributed by atoms with Crippen molar-refractivity contribution in [2.24, 2.45) is 5.41 Å².